The molecule has 1 aliphatic heterocycles. The lowest BCUT2D eigenvalue weighted by molar-refractivity contribution is 0.0943. The summed E-state index contributed by atoms with van der Waals surface area (Å²) in [4.78, 5) is 14.6. The fourth-order valence-corrected chi connectivity index (χ4v) is 3.66. The summed E-state index contributed by atoms with van der Waals surface area (Å²) in [6, 6.07) is 4.74. The van der Waals surface area contributed by atoms with E-state index >= 15 is 0 Å². The Hall–Kier alpha value is -1.62. The second-order valence-corrected chi connectivity index (χ2v) is 6.43. The van der Waals surface area contributed by atoms with E-state index in [0.717, 1.165) is 31.6 Å². The fraction of sp³-hybridized carbons (Fsp3) is 0.588. The molecule has 1 aromatic carbocycles. The van der Waals surface area contributed by atoms with E-state index in [0.29, 0.717) is 12.5 Å². The van der Waals surface area contributed by atoms with Gasteiger partial charge in [0.05, 0.1) is 5.56 Å². The summed E-state index contributed by atoms with van der Waals surface area (Å²) in [5, 5.41) is 12.4. The number of carbonyl (C=O) groups excluding carboxylic acids is 1. The number of benzene rings is 1. The molecule has 1 unspecified atom stereocenters. The van der Waals surface area contributed by atoms with Crippen LogP contribution in [0.4, 0.5) is 4.39 Å². The first-order chi connectivity index (χ1) is 10.6. The molecule has 0 bridgehead atoms. The maximum absolute atomic E-state index is 13.3. The Morgan fingerprint density at radius 2 is 2.09 bits per heavy atom. The van der Waals surface area contributed by atoms with Crippen molar-refractivity contribution < 1.29 is 14.3 Å². The summed E-state index contributed by atoms with van der Waals surface area (Å²) in [7, 11) is 0. The number of amides is 1. The zero-order valence-electron chi connectivity index (χ0n) is 12.7. The van der Waals surface area contributed by atoms with Crippen LogP contribution in [0.1, 0.15) is 42.5 Å². The average Bonchev–Trinajstić information content (AvgIpc) is 3.18. The highest BCUT2D eigenvalue weighted by molar-refractivity contribution is 5.96. The Labute approximate surface area is 130 Å². The maximum atomic E-state index is 13.3. The third-order valence-electron chi connectivity index (χ3n) is 4.94. The number of hydrogen-bond donors (Lipinski definition) is 2. The summed E-state index contributed by atoms with van der Waals surface area (Å²) in [5.41, 5.74) is 0.00523. The van der Waals surface area contributed by atoms with Crippen LogP contribution in [0.25, 0.3) is 0 Å². The van der Waals surface area contributed by atoms with Gasteiger partial charge in [-0.2, -0.15) is 0 Å². The predicted molar refractivity (Wildman–Crippen MR) is 82.3 cm³/mol. The molecule has 1 atom stereocenters. The van der Waals surface area contributed by atoms with Crippen molar-refractivity contribution in [3.63, 3.8) is 0 Å². The molecule has 1 aliphatic carbocycles. The number of likely N-dealkylation sites (tertiary alicyclic amines) is 1. The Morgan fingerprint density at radius 3 is 2.86 bits per heavy atom. The molecule has 3 rings (SSSR count). The lowest BCUT2D eigenvalue weighted by atomic mass is 10.1. The van der Waals surface area contributed by atoms with Gasteiger partial charge in [-0.15, -0.1) is 0 Å². The topological polar surface area (TPSA) is 52.6 Å². The molecule has 0 aromatic heterocycles. The molecule has 2 aliphatic rings. The standard InChI is InChI=1S/C17H23FN2O2/c18-15-7-3-6-14(16(15)21)17(22)19-10-12-8-9-20(11-12)13-4-1-2-5-13/h3,6-7,12-13,21H,1-2,4-5,8-11H2,(H,19,22). The van der Waals surface area contributed by atoms with Gasteiger partial charge in [0.1, 0.15) is 0 Å². The van der Waals surface area contributed by atoms with Gasteiger partial charge in [-0.25, -0.2) is 4.39 Å². The lowest BCUT2D eigenvalue weighted by Gasteiger charge is -2.23. The molecule has 2 fully saturated rings. The van der Waals surface area contributed by atoms with Crippen LogP contribution in [-0.4, -0.2) is 41.6 Å². The van der Waals surface area contributed by atoms with Crippen LogP contribution in [0, 0.1) is 11.7 Å². The molecule has 1 saturated carbocycles. The monoisotopic (exact) mass is 306 g/mol. The Kier molecular flexibility index (Phi) is 4.62. The molecule has 1 saturated heterocycles. The van der Waals surface area contributed by atoms with Gasteiger partial charge in [-0.1, -0.05) is 18.9 Å². The molecule has 22 heavy (non-hydrogen) atoms. The zero-order valence-corrected chi connectivity index (χ0v) is 12.7. The van der Waals surface area contributed by atoms with Crippen LogP contribution in [-0.2, 0) is 0 Å². The predicted octanol–water partition coefficient (Wildman–Crippen LogP) is 2.53. The molecule has 4 nitrogen and oxygen atoms in total. The molecule has 0 radical (unpaired) electrons. The number of para-hydroxylation sites is 1. The number of halogens is 1. The van der Waals surface area contributed by atoms with Crippen molar-refractivity contribution >= 4 is 5.91 Å². The van der Waals surface area contributed by atoms with Crippen LogP contribution in [0.2, 0.25) is 0 Å². The summed E-state index contributed by atoms with van der Waals surface area (Å²) < 4.78 is 13.3. The van der Waals surface area contributed by atoms with Gasteiger partial charge < -0.3 is 15.3 Å². The van der Waals surface area contributed by atoms with Crippen LogP contribution < -0.4 is 5.32 Å². The van der Waals surface area contributed by atoms with Crippen LogP contribution >= 0.6 is 0 Å². The molecule has 5 heteroatoms. The number of phenolic OH excluding ortho intramolecular Hbond substituents is 1. The molecule has 1 heterocycles. The van der Waals surface area contributed by atoms with Crippen molar-refractivity contribution in [2.75, 3.05) is 19.6 Å². The van der Waals surface area contributed by atoms with Crippen molar-refractivity contribution in [3.05, 3.63) is 29.6 Å². The minimum absolute atomic E-state index is 0.00523. The summed E-state index contributed by atoms with van der Waals surface area (Å²) in [6.07, 6.45) is 6.36. The molecular formula is C17H23FN2O2. The van der Waals surface area contributed by atoms with Crippen molar-refractivity contribution in [1.29, 1.82) is 0 Å². The second kappa shape index (κ2) is 6.65. The Bertz CT molecular complexity index is 543. The first-order valence-electron chi connectivity index (χ1n) is 8.15. The molecule has 2 N–H and O–H groups in total. The minimum atomic E-state index is -0.763. The van der Waals surface area contributed by atoms with Crippen molar-refractivity contribution in [1.82, 2.24) is 10.2 Å². The van der Waals surface area contributed by atoms with Gasteiger partial charge in [0.15, 0.2) is 11.6 Å². The zero-order chi connectivity index (χ0) is 15.5. The summed E-state index contributed by atoms with van der Waals surface area (Å²) >= 11 is 0. The maximum Gasteiger partial charge on any atom is 0.255 e. The van der Waals surface area contributed by atoms with Crippen LogP contribution in [0.3, 0.4) is 0 Å². The van der Waals surface area contributed by atoms with Crippen LogP contribution in [0.15, 0.2) is 18.2 Å². The first kappa shape index (κ1) is 15.3. The number of nitrogens with zero attached hydrogens (tertiary/aromatic N) is 1. The average molecular weight is 306 g/mol. The smallest absolute Gasteiger partial charge is 0.255 e. The highest BCUT2D eigenvalue weighted by Gasteiger charge is 2.30. The van der Waals surface area contributed by atoms with Gasteiger partial charge >= 0.3 is 0 Å². The van der Waals surface area contributed by atoms with E-state index in [1.807, 2.05) is 0 Å². The molecule has 0 spiro atoms. The third-order valence-corrected chi connectivity index (χ3v) is 4.94. The van der Waals surface area contributed by atoms with Gasteiger partial charge in [0.25, 0.3) is 5.91 Å². The number of nitrogens with one attached hydrogen (secondary N) is 1. The summed E-state index contributed by atoms with van der Waals surface area (Å²) in [6.45, 7) is 2.72. The highest BCUT2D eigenvalue weighted by Crippen LogP contribution is 2.28. The van der Waals surface area contributed by atoms with E-state index in [2.05, 4.69) is 10.2 Å². The fourth-order valence-electron chi connectivity index (χ4n) is 3.66. The molecule has 1 amide bonds. The Balaban J connectivity index is 1.50. The van der Waals surface area contributed by atoms with E-state index < -0.39 is 17.5 Å². The second-order valence-electron chi connectivity index (χ2n) is 6.43. The van der Waals surface area contributed by atoms with Gasteiger partial charge in [-0.3, -0.25) is 4.79 Å². The highest BCUT2D eigenvalue weighted by atomic mass is 19.1. The van der Waals surface area contributed by atoms with Gasteiger partial charge in [0, 0.05) is 19.1 Å². The number of aromatic hydroxyl groups is 1. The van der Waals surface area contributed by atoms with E-state index in [-0.39, 0.29) is 5.56 Å². The van der Waals surface area contributed by atoms with E-state index in [1.54, 1.807) is 0 Å². The largest absolute Gasteiger partial charge is 0.504 e. The van der Waals surface area contributed by atoms with Crippen LogP contribution in [0.5, 0.6) is 5.75 Å². The lowest BCUT2D eigenvalue weighted by Crippen LogP contribution is -2.34. The van der Waals surface area contributed by atoms with E-state index in [4.69, 9.17) is 0 Å². The number of hydrogen-bond acceptors (Lipinski definition) is 3. The normalized spacial score (nSPS) is 23.0. The quantitative estimate of drug-likeness (QED) is 0.899. The molecular weight excluding hydrogens is 283 g/mol. The van der Waals surface area contributed by atoms with Gasteiger partial charge in [0.2, 0.25) is 0 Å². The van der Waals surface area contributed by atoms with Crippen molar-refractivity contribution in [3.8, 4) is 5.75 Å². The first-order valence-corrected chi connectivity index (χ1v) is 8.15. The van der Waals surface area contributed by atoms with Gasteiger partial charge in [-0.05, 0) is 43.9 Å². The summed E-state index contributed by atoms with van der Waals surface area (Å²) in [5.74, 6) is -1.29. The SMILES string of the molecule is O=C(NCC1CCN(C2CCCC2)C1)c1cccc(F)c1O. The number of rotatable bonds is 4. The molecule has 1 aromatic rings. The number of phenols is 1. The van der Waals surface area contributed by atoms with Crippen molar-refractivity contribution in [2.45, 2.75) is 38.1 Å². The van der Waals surface area contributed by atoms with Crippen molar-refractivity contribution in [2.24, 2.45) is 5.92 Å². The Morgan fingerprint density at radius 1 is 1.32 bits per heavy atom. The number of carbonyl (C=O) groups is 1. The van der Waals surface area contributed by atoms with E-state index in [9.17, 15) is 14.3 Å². The third kappa shape index (κ3) is 3.24. The van der Waals surface area contributed by atoms with E-state index in [1.165, 1.54) is 37.8 Å². The minimum Gasteiger partial charge on any atom is -0.504 e. The molecule has 120 valence electrons.